The van der Waals surface area contributed by atoms with Gasteiger partial charge in [0, 0.05) is 24.7 Å². The zero-order valence-electron chi connectivity index (χ0n) is 14.9. The van der Waals surface area contributed by atoms with Crippen molar-refractivity contribution in [3.63, 3.8) is 0 Å². The van der Waals surface area contributed by atoms with Crippen LogP contribution in [-0.4, -0.2) is 38.2 Å². The number of carbonyl (C=O) groups is 1. The molecule has 26 heavy (non-hydrogen) atoms. The van der Waals surface area contributed by atoms with Crippen molar-refractivity contribution in [3.05, 3.63) is 65.7 Å². The third kappa shape index (κ3) is 4.78. The first-order valence-corrected chi connectivity index (χ1v) is 10.3. The summed E-state index contributed by atoms with van der Waals surface area (Å²) in [5, 5.41) is 0. The fourth-order valence-corrected chi connectivity index (χ4v) is 4.55. The summed E-state index contributed by atoms with van der Waals surface area (Å²) >= 11 is 0. The van der Waals surface area contributed by atoms with Crippen LogP contribution in [0.2, 0.25) is 0 Å². The van der Waals surface area contributed by atoms with Crippen LogP contribution < -0.4 is 4.72 Å². The van der Waals surface area contributed by atoms with Gasteiger partial charge in [-0.1, -0.05) is 42.5 Å². The Balaban J connectivity index is 1.64. The average molecular weight is 372 g/mol. The molecular formula is C20H24N2O3S. The molecule has 1 saturated heterocycles. The molecule has 2 aromatic rings. The zero-order valence-corrected chi connectivity index (χ0v) is 15.7. The van der Waals surface area contributed by atoms with E-state index in [9.17, 15) is 13.2 Å². The van der Waals surface area contributed by atoms with Crippen molar-refractivity contribution in [3.8, 4) is 0 Å². The molecule has 0 radical (unpaired) electrons. The minimum Gasteiger partial charge on any atom is -0.298 e. The molecule has 0 aliphatic carbocycles. The molecule has 0 bridgehead atoms. The molecule has 3 rings (SSSR count). The van der Waals surface area contributed by atoms with Crippen molar-refractivity contribution in [2.75, 3.05) is 13.1 Å². The molecule has 2 aromatic carbocycles. The topological polar surface area (TPSA) is 66.5 Å². The Morgan fingerprint density at radius 1 is 1.12 bits per heavy atom. The highest BCUT2D eigenvalue weighted by atomic mass is 32.2. The van der Waals surface area contributed by atoms with Crippen LogP contribution in [0, 0.1) is 0 Å². The van der Waals surface area contributed by atoms with Gasteiger partial charge >= 0.3 is 0 Å². The smallest absolute Gasteiger partial charge is 0.240 e. The van der Waals surface area contributed by atoms with E-state index in [-0.39, 0.29) is 16.7 Å². The summed E-state index contributed by atoms with van der Waals surface area (Å²) in [7, 11) is -3.59. The normalized spacial score (nSPS) is 18.6. The standard InChI is InChI=1S/C20H24N2O3S/c1-16(23)18-9-11-20(12-10-18)26(24,25)21-19-8-5-13-22(15-19)14-17-6-3-2-4-7-17/h2-4,6-7,9-12,19,21H,5,8,13-15H2,1H3. The summed E-state index contributed by atoms with van der Waals surface area (Å²) in [6.07, 6.45) is 1.79. The molecule has 1 atom stereocenters. The van der Waals surface area contributed by atoms with Crippen molar-refractivity contribution in [2.24, 2.45) is 0 Å². The van der Waals surface area contributed by atoms with E-state index in [2.05, 4.69) is 21.8 Å². The van der Waals surface area contributed by atoms with E-state index in [1.54, 1.807) is 12.1 Å². The van der Waals surface area contributed by atoms with Crippen LogP contribution in [-0.2, 0) is 16.6 Å². The lowest BCUT2D eigenvalue weighted by atomic mass is 10.1. The Morgan fingerprint density at radius 2 is 1.81 bits per heavy atom. The predicted octanol–water partition coefficient (Wildman–Crippen LogP) is 2.83. The Morgan fingerprint density at radius 3 is 2.46 bits per heavy atom. The summed E-state index contributed by atoms with van der Waals surface area (Å²) in [5.41, 5.74) is 1.74. The molecule has 1 unspecified atom stereocenters. The van der Waals surface area contributed by atoms with Gasteiger partial charge in [-0.2, -0.15) is 0 Å². The highest BCUT2D eigenvalue weighted by Gasteiger charge is 2.25. The highest BCUT2D eigenvalue weighted by Crippen LogP contribution is 2.17. The molecule has 1 N–H and O–H groups in total. The maximum atomic E-state index is 12.6. The zero-order chi connectivity index (χ0) is 18.6. The van der Waals surface area contributed by atoms with Gasteiger partial charge in [-0.05, 0) is 44.0 Å². The van der Waals surface area contributed by atoms with Gasteiger partial charge in [-0.15, -0.1) is 0 Å². The summed E-state index contributed by atoms with van der Waals surface area (Å²) in [5.74, 6) is -0.0780. The van der Waals surface area contributed by atoms with Gasteiger partial charge in [0.15, 0.2) is 5.78 Å². The third-order valence-electron chi connectivity index (χ3n) is 4.65. The van der Waals surface area contributed by atoms with Gasteiger partial charge in [0.25, 0.3) is 0 Å². The Labute approximate surface area is 155 Å². The fraction of sp³-hybridized carbons (Fsp3) is 0.350. The van der Waals surface area contributed by atoms with Crippen molar-refractivity contribution >= 4 is 15.8 Å². The Bertz CT molecular complexity index is 848. The summed E-state index contributed by atoms with van der Waals surface area (Å²) in [6, 6.07) is 16.2. The van der Waals surface area contributed by atoms with Gasteiger partial charge in [0.2, 0.25) is 10.0 Å². The number of nitrogens with zero attached hydrogens (tertiary/aromatic N) is 1. The molecule has 1 aliphatic rings. The van der Waals surface area contributed by atoms with E-state index in [0.29, 0.717) is 12.1 Å². The maximum Gasteiger partial charge on any atom is 0.240 e. The number of carbonyl (C=O) groups excluding carboxylic acids is 1. The van der Waals surface area contributed by atoms with Crippen LogP contribution in [0.5, 0.6) is 0 Å². The van der Waals surface area contributed by atoms with Gasteiger partial charge < -0.3 is 0 Å². The number of nitrogens with one attached hydrogen (secondary N) is 1. The molecule has 1 heterocycles. The van der Waals surface area contributed by atoms with Gasteiger partial charge in [-0.25, -0.2) is 13.1 Å². The molecule has 1 fully saturated rings. The lowest BCUT2D eigenvalue weighted by Crippen LogP contribution is -2.47. The van der Waals surface area contributed by atoms with E-state index in [0.717, 1.165) is 25.9 Å². The SMILES string of the molecule is CC(=O)c1ccc(S(=O)(=O)NC2CCCN(Cc3ccccc3)C2)cc1. The largest absolute Gasteiger partial charge is 0.298 e. The number of ketones is 1. The molecular weight excluding hydrogens is 348 g/mol. The Hall–Kier alpha value is -2.02. The summed E-state index contributed by atoms with van der Waals surface area (Å²) in [6.45, 7) is 3.96. The molecule has 0 spiro atoms. The second-order valence-corrected chi connectivity index (χ2v) is 8.48. The van der Waals surface area contributed by atoms with Crippen LogP contribution >= 0.6 is 0 Å². The monoisotopic (exact) mass is 372 g/mol. The van der Waals surface area contributed by atoms with E-state index >= 15 is 0 Å². The fourth-order valence-electron chi connectivity index (χ4n) is 3.29. The number of rotatable bonds is 6. The number of Topliss-reactive ketones (excluding diaryl/α,β-unsaturated/α-hetero) is 1. The first kappa shape index (κ1) is 18.8. The first-order chi connectivity index (χ1) is 12.4. The van der Waals surface area contributed by atoms with Gasteiger partial charge in [0.05, 0.1) is 4.90 Å². The van der Waals surface area contributed by atoms with Crippen LogP contribution in [0.4, 0.5) is 0 Å². The molecule has 0 saturated carbocycles. The van der Waals surface area contributed by atoms with Crippen molar-refractivity contribution in [1.82, 2.24) is 9.62 Å². The molecule has 0 amide bonds. The van der Waals surface area contributed by atoms with E-state index in [4.69, 9.17) is 0 Å². The Kier molecular flexibility index (Phi) is 5.86. The maximum absolute atomic E-state index is 12.6. The first-order valence-electron chi connectivity index (χ1n) is 8.84. The van der Waals surface area contributed by atoms with Crippen LogP contribution in [0.25, 0.3) is 0 Å². The van der Waals surface area contributed by atoms with Crippen LogP contribution in [0.3, 0.4) is 0 Å². The number of likely N-dealkylation sites (tertiary alicyclic amines) is 1. The van der Waals surface area contributed by atoms with Crippen molar-refractivity contribution in [1.29, 1.82) is 0 Å². The number of benzene rings is 2. The second kappa shape index (κ2) is 8.12. The number of sulfonamides is 1. The van der Waals surface area contributed by atoms with E-state index in [1.807, 2.05) is 18.2 Å². The molecule has 6 heteroatoms. The molecule has 5 nitrogen and oxygen atoms in total. The second-order valence-electron chi connectivity index (χ2n) is 6.76. The van der Waals surface area contributed by atoms with Crippen molar-refractivity contribution < 1.29 is 13.2 Å². The molecule has 138 valence electrons. The quantitative estimate of drug-likeness (QED) is 0.792. The minimum atomic E-state index is -3.59. The summed E-state index contributed by atoms with van der Waals surface area (Å²) in [4.78, 5) is 13.8. The minimum absolute atomic E-state index is 0.0780. The number of hydrogen-bond donors (Lipinski definition) is 1. The van der Waals surface area contributed by atoms with Gasteiger partial charge in [-0.3, -0.25) is 9.69 Å². The third-order valence-corrected chi connectivity index (χ3v) is 6.18. The van der Waals surface area contributed by atoms with Crippen LogP contribution in [0.15, 0.2) is 59.5 Å². The molecule has 1 aliphatic heterocycles. The summed E-state index contributed by atoms with van der Waals surface area (Å²) < 4.78 is 28.1. The van der Waals surface area contributed by atoms with Crippen molar-refractivity contribution in [2.45, 2.75) is 37.2 Å². The van der Waals surface area contributed by atoms with E-state index in [1.165, 1.54) is 24.6 Å². The number of piperidine rings is 1. The van der Waals surface area contributed by atoms with Gasteiger partial charge in [0.1, 0.15) is 0 Å². The lowest BCUT2D eigenvalue weighted by molar-refractivity contribution is 0.101. The van der Waals surface area contributed by atoms with Crippen LogP contribution in [0.1, 0.15) is 35.7 Å². The number of hydrogen-bond acceptors (Lipinski definition) is 4. The van der Waals surface area contributed by atoms with E-state index < -0.39 is 10.0 Å². The highest BCUT2D eigenvalue weighted by molar-refractivity contribution is 7.89. The molecule has 0 aromatic heterocycles. The predicted molar refractivity (Wildman–Crippen MR) is 102 cm³/mol. The average Bonchev–Trinajstić information content (AvgIpc) is 2.62. The lowest BCUT2D eigenvalue weighted by Gasteiger charge is -2.33.